The number of rotatable bonds is 9. The van der Waals surface area contributed by atoms with Crippen LogP contribution in [0.5, 0.6) is 0 Å². The van der Waals surface area contributed by atoms with Gasteiger partial charge in [-0.25, -0.2) is 4.99 Å². The maximum atomic E-state index is 13.3. The topological polar surface area (TPSA) is 78.2 Å². The number of halogens is 2. The summed E-state index contributed by atoms with van der Waals surface area (Å²) in [5.74, 6) is -3.94. The zero-order valence-corrected chi connectivity index (χ0v) is 20.0. The standard InChI is InChI=1S/C23H28F2N4O.C2H6.H2/c1-7-11-17(14-21(26)23(6,24)25)22(30)28-16(5)18(8-2)29-19(9-3)20-13-10-12-15(4)27-20;1-2;/h7-14,16,26H,2H2,1,3-6H3,(H,28,30);1-2H3;1H/b11-7+,17-14+,19-9+,26-21?,29-18?;;. The van der Waals surface area contributed by atoms with Crippen molar-refractivity contribution in [2.24, 2.45) is 4.99 Å². The molecule has 176 valence electrons. The zero-order chi connectivity index (χ0) is 24.9. The first-order valence-corrected chi connectivity index (χ1v) is 10.5. The largest absolute Gasteiger partial charge is 0.344 e. The van der Waals surface area contributed by atoms with Gasteiger partial charge in [-0.1, -0.05) is 44.7 Å². The first kappa shape index (κ1) is 28.8. The molecule has 5 nitrogen and oxygen atoms in total. The van der Waals surface area contributed by atoms with E-state index in [4.69, 9.17) is 5.41 Å². The summed E-state index contributed by atoms with van der Waals surface area (Å²) in [7, 11) is 0. The molecule has 32 heavy (non-hydrogen) atoms. The number of amides is 1. The second-order valence-corrected chi connectivity index (χ2v) is 6.68. The molecule has 1 atom stereocenters. The number of alkyl halides is 2. The molecule has 1 unspecified atom stereocenters. The summed E-state index contributed by atoms with van der Waals surface area (Å²) >= 11 is 0. The molecule has 1 rings (SSSR count). The number of aromatic nitrogens is 1. The van der Waals surface area contributed by atoms with Crippen LogP contribution in [-0.2, 0) is 4.79 Å². The van der Waals surface area contributed by atoms with Crippen molar-refractivity contribution in [1.29, 1.82) is 5.41 Å². The smallest absolute Gasteiger partial charge is 0.286 e. The molecule has 0 fully saturated rings. The van der Waals surface area contributed by atoms with Crippen LogP contribution >= 0.6 is 0 Å². The van der Waals surface area contributed by atoms with Gasteiger partial charge >= 0.3 is 0 Å². The Morgan fingerprint density at radius 1 is 1.34 bits per heavy atom. The minimum absolute atomic E-state index is 0. The van der Waals surface area contributed by atoms with Crippen molar-refractivity contribution in [2.75, 3.05) is 0 Å². The first-order chi connectivity index (χ1) is 15.0. The average molecular weight is 447 g/mol. The van der Waals surface area contributed by atoms with Gasteiger partial charge in [0.2, 0.25) is 0 Å². The number of allylic oxidation sites excluding steroid dienone is 3. The summed E-state index contributed by atoms with van der Waals surface area (Å²) < 4.78 is 26.7. The normalized spacial score (nSPS) is 13.8. The minimum atomic E-state index is -3.34. The molecule has 0 aliphatic rings. The van der Waals surface area contributed by atoms with Crippen LogP contribution in [0.1, 0.15) is 54.4 Å². The summed E-state index contributed by atoms with van der Waals surface area (Å²) in [6.07, 6.45) is 7.10. The Balaban J connectivity index is 0. The number of nitrogens with one attached hydrogen (secondary N) is 2. The van der Waals surface area contributed by atoms with Gasteiger partial charge in [-0.2, -0.15) is 8.78 Å². The van der Waals surface area contributed by atoms with Gasteiger partial charge in [0.25, 0.3) is 11.8 Å². The van der Waals surface area contributed by atoms with E-state index in [0.717, 1.165) is 11.8 Å². The highest BCUT2D eigenvalue weighted by Gasteiger charge is 2.27. The molecule has 0 aromatic carbocycles. The predicted octanol–water partition coefficient (Wildman–Crippen LogP) is 6.33. The zero-order valence-electron chi connectivity index (χ0n) is 20.0. The van der Waals surface area contributed by atoms with E-state index in [2.05, 4.69) is 21.9 Å². The van der Waals surface area contributed by atoms with E-state index in [1.807, 2.05) is 45.9 Å². The van der Waals surface area contributed by atoms with E-state index in [0.29, 0.717) is 24.0 Å². The Morgan fingerprint density at radius 3 is 2.44 bits per heavy atom. The van der Waals surface area contributed by atoms with Crippen LogP contribution in [-0.4, -0.2) is 34.3 Å². The lowest BCUT2D eigenvalue weighted by atomic mass is 10.1. The van der Waals surface area contributed by atoms with Crippen LogP contribution in [0.25, 0.3) is 5.70 Å². The van der Waals surface area contributed by atoms with Gasteiger partial charge in [0.05, 0.1) is 23.1 Å². The van der Waals surface area contributed by atoms with Crippen LogP contribution in [0.3, 0.4) is 0 Å². The molecule has 2 N–H and O–H groups in total. The SMILES string of the molecule is C=CC(=N/C(=C/C)c1cccc(C)n1)C(C)NC(=O)C(/C=C/C)=C/C(=N)C(C)(F)F.CC.[HH]. The van der Waals surface area contributed by atoms with E-state index >= 15 is 0 Å². The van der Waals surface area contributed by atoms with Gasteiger partial charge in [0.1, 0.15) is 5.71 Å². The lowest BCUT2D eigenvalue weighted by Crippen LogP contribution is -2.38. The quantitative estimate of drug-likeness (QED) is 0.264. The Hall–Kier alpha value is -3.22. The molecular formula is C25H36F2N4O. The van der Waals surface area contributed by atoms with E-state index < -0.39 is 23.6 Å². The van der Waals surface area contributed by atoms with E-state index in [1.54, 1.807) is 26.0 Å². The number of carbonyl (C=O) groups excluding carboxylic acids is 1. The van der Waals surface area contributed by atoms with Crippen LogP contribution in [0.4, 0.5) is 8.78 Å². The van der Waals surface area contributed by atoms with Gasteiger partial charge in [-0.3, -0.25) is 15.2 Å². The third-order valence-electron chi connectivity index (χ3n) is 4.06. The first-order valence-electron chi connectivity index (χ1n) is 10.5. The fraction of sp³-hybridized carbons (Fsp3) is 0.360. The molecule has 0 radical (unpaired) electrons. The van der Waals surface area contributed by atoms with Gasteiger partial charge in [-0.15, -0.1) is 0 Å². The molecule has 0 aliphatic heterocycles. The highest BCUT2D eigenvalue weighted by atomic mass is 19.3. The van der Waals surface area contributed by atoms with E-state index in [9.17, 15) is 13.6 Å². The van der Waals surface area contributed by atoms with Crippen molar-refractivity contribution in [3.63, 3.8) is 0 Å². The Labute approximate surface area is 191 Å². The second kappa shape index (κ2) is 14.0. The highest BCUT2D eigenvalue weighted by Crippen LogP contribution is 2.17. The van der Waals surface area contributed by atoms with E-state index in [1.165, 1.54) is 12.2 Å². The Kier molecular flexibility index (Phi) is 12.6. The van der Waals surface area contributed by atoms with Gasteiger partial charge in [-0.05, 0) is 52.0 Å². The monoisotopic (exact) mass is 446 g/mol. The van der Waals surface area contributed by atoms with Crippen molar-refractivity contribution in [2.45, 2.75) is 60.4 Å². The maximum absolute atomic E-state index is 13.3. The maximum Gasteiger partial charge on any atom is 0.286 e. The van der Waals surface area contributed by atoms with Gasteiger partial charge < -0.3 is 5.32 Å². The van der Waals surface area contributed by atoms with Crippen molar-refractivity contribution in [3.05, 3.63) is 72.1 Å². The predicted molar refractivity (Wildman–Crippen MR) is 133 cm³/mol. The van der Waals surface area contributed by atoms with Crippen molar-refractivity contribution < 1.29 is 15.0 Å². The third kappa shape index (κ3) is 9.29. The third-order valence-corrected chi connectivity index (χ3v) is 4.06. The number of hydrogen-bond acceptors (Lipinski definition) is 4. The molecule has 0 bridgehead atoms. The molecule has 1 aromatic rings. The minimum Gasteiger partial charge on any atom is -0.344 e. The van der Waals surface area contributed by atoms with Crippen LogP contribution in [0.15, 0.2) is 65.7 Å². The molecule has 0 saturated carbocycles. The lowest BCUT2D eigenvalue weighted by molar-refractivity contribution is -0.117. The highest BCUT2D eigenvalue weighted by molar-refractivity contribution is 6.09. The number of aryl methyl sites for hydroxylation is 1. The van der Waals surface area contributed by atoms with Crippen LogP contribution in [0, 0.1) is 12.3 Å². The van der Waals surface area contributed by atoms with E-state index in [-0.39, 0.29) is 7.00 Å². The van der Waals surface area contributed by atoms with Gasteiger partial charge in [0, 0.05) is 19.6 Å². The van der Waals surface area contributed by atoms with Crippen LogP contribution < -0.4 is 5.32 Å². The van der Waals surface area contributed by atoms with Crippen molar-refractivity contribution >= 4 is 23.0 Å². The summed E-state index contributed by atoms with van der Waals surface area (Å²) in [5.41, 5.74) is 1.63. The Morgan fingerprint density at radius 2 is 1.97 bits per heavy atom. The fourth-order valence-electron chi connectivity index (χ4n) is 2.42. The van der Waals surface area contributed by atoms with Gasteiger partial charge in [0.15, 0.2) is 0 Å². The molecule has 7 heteroatoms. The van der Waals surface area contributed by atoms with Crippen molar-refractivity contribution in [3.8, 4) is 0 Å². The lowest BCUT2D eigenvalue weighted by Gasteiger charge is -2.16. The molecule has 0 saturated heterocycles. The molecule has 1 heterocycles. The summed E-state index contributed by atoms with van der Waals surface area (Å²) in [4.78, 5) is 21.6. The number of pyridine rings is 1. The van der Waals surface area contributed by atoms with Crippen LogP contribution in [0.2, 0.25) is 0 Å². The van der Waals surface area contributed by atoms with Crippen molar-refractivity contribution in [1.82, 2.24) is 10.3 Å². The number of aliphatic imine (C=N–C) groups is 1. The average Bonchev–Trinajstić information content (AvgIpc) is 2.74. The molecule has 0 spiro atoms. The Bertz CT molecular complexity index is 929. The number of nitrogens with zero attached hydrogens (tertiary/aromatic N) is 2. The molecule has 0 aliphatic carbocycles. The summed E-state index contributed by atoms with van der Waals surface area (Å²) in [6.45, 7) is 15.4. The molecule has 1 aromatic heterocycles. The molecular weight excluding hydrogens is 410 g/mol. The number of carbonyl (C=O) groups is 1. The summed E-state index contributed by atoms with van der Waals surface area (Å²) in [6, 6.07) is 5.03. The summed E-state index contributed by atoms with van der Waals surface area (Å²) in [5, 5.41) is 10.2. The fourth-order valence-corrected chi connectivity index (χ4v) is 2.42. The number of hydrogen-bond donors (Lipinski definition) is 2. The second-order valence-electron chi connectivity index (χ2n) is 6.68. The molecule has 1 amide bonds.